The maximum Gasteiger partial charge on any atom is 0.277 e. The number of anilines is 1. The van der Waals surface area contributed by atoms with Gasteiger partial charge in [-0.2, -0.15) is 0 Å². The fraction of sp³-hybridized carbons (Fsp3) is 0.357. The van der Waals surface area contributed by atoms with Gasteiger partial charge in [0.25, 0.3) is 5.91 Å². The van der Waals surface area contributed by atoms with Crippen LogP contribution in [0.3, 0.4) is 0 Å². The van der Waals surface area contributed by atoms with Crippen LogP contribution >= 0.6 is 27.3 Å². The molecule has 0 saturated carbocycles. The molecule has 1 amide bonds. The summed E-state index contributed by atoms with van der Waals surface area (Å²) in [5, 5.41) is 2.93. The van der Waals surface area contributed by atoms with Crippen LogP contribution in [0.1, 0.15) is 28.9 Å². The smallest absolute Gasteiger partial charge is 0.277 e. The number of nitrogens with zero attached hydrogens (tertiary/aromatic N) is 1. The molecule has 1 fully saturated rings. The van der Waals surface area contributed by atoms with Crippen molar-refractivity contribution in [1.82, 2.24) is 10.4 Å². The number of nitrogens with two attached hydrogens (primary N) is 1. The molecule has 20 heavy (non-hydrogen) atoms. The van der Waals surface area contributed by atoms with Crippen LogP contribution in [0.25, 0.3) is 10.1 Å². The molecule has 1 aromatic carbocycles. The Morgan fingerprint density at radius 1 is 1.30 bits per heavy atom. The molecule has 1 saturated heterocycles. The summed E-state index contributed by atoms with van der Waals surface area (Å²) in [4.78, 5) is 13.0. The van der Waals surface area contributed by atoms with Crippen LogP contribution in [0.15, 0.2) is 22.7 Å². The van der Waals surface area contributed by atoms with Gasteiger partial charge in [-0.1, -0.05) is 22.4 Å². The number of carbonyl (C=O) groups excluding carboxylic acids is 1. The Labute approximate surface area is 130 Å². The molecule has 0 bridgehead atoms. The normalized spacial score (nSPS) is 16.4. The van der Waals surface area contributed by atoms with Gasteiger partial charge >= 0.3 is 0 Å². The van der Waals surface area contributed by atoms with Gasteiger partial charge in [0.1, 0.15) is 4.88 Å². The second kappa shape index (κ2) is 5.71. The number of nitrogen functional groups attached to an aromatic ring is 1. The second-order valence-electron chi connectivity index (χ2n) is 4.97. The van der Waals surface area contributed by atoms with Gasteiger partial charge in [0.2, 0.25) is 0 Å². The molecule has 0 aliphatic carbocycles. The highest BCUT2D eigenvalue weighted by atomic mass is 79.9. The molecule has 4 nitrogen and oxygen atoms in total. The minimum absolute atomic E-state index is 0.0956. The highest BCUT2D eigenvalue weighted by Gasteiger charge is 2.19. The lowest BCUT2D eigenvalue weighted by Gasteiger charge is -2.26. The average molecular weight is 354 g/mol. The maximum atomic E-state index is 12.4. The Morgan fingerprint density at radius 2 is 2.05 bits per heavy atom. The quantitative estimate of drug-likeness (QED) is 0.869. The molecular weight excluding hydrogens is 338 g/mol. The van der Waals surface area contributed by atoms with Crippen LogP contribution in [0, 0.1) is 0 Å². The minimum Gasteiger partial charge on any atom is -0.397 e. The third-order valence-electron chi connectivity index (χ3n) is 3.51. The summed E-state index contributed by atoms with van der Waals surface area (Å²) in [7, 11) is 0. The molecule has 0 radical (unpaired) electrons. The van der Waals surface area contributed by atoms with E-state index in [1.165, 1.54) is 17.8 Å². The molecule has 1 aromatic heterocycles. The lowest BCUT2D eigenvalue weighted by molar-refractivity contribution is 0.0755. The number of halogens is 1. The first-order valence-corrected chi connectivity index (χ1v) is 8.29. The van der Waals surface area contributed by atoms with Crippen molar-refractivity contribution >= 4 is 48.9 Å². The van der Waals surface area contributed by atoms with Crippen LogP contribution in [0.5, 0.6) is 0 Å². The molecule has 3 rings (SSSR count). The zero-order chi connectivity index (χ0) is 14.1. The van der Waals surface area contributed by atoms with E-state index < -0.39 is 0 Å². The predicted molar refractivity (Wildman–Crippen MR) is 86.8 cm³/mol. The molecule has 1 aliphatic rings. The summed E-state index contributed by atoms with van der Waals surface area (Å²) in [6.45, 7) is 1.84. The molecule has 2 heterocycles. The van der Waals surface area contributed by atoms with Gasteiger partial charge in [0, 0.05) is 27.6 Å². The van der Waals surface area contributed by atoms with Gasteiger partial charge < -0.3 is 5.73 Å². The van der Waals surface area contributed by atoms with Crippen molar-refractivity contribution in [3.63, 3.8) is 0 Å². The van der Waals surface area contributed by atoms with Gasteiger partial charge in [0.05, 0.1) is 5.69 Å². The minimum atomic E-state index is -0.0956. The SMILES string of the molecule is Nc1c(C(=O)NN2CCCCC2)sc2ccc(Br)cc12. The maximum absolute atomic E-state index is 12.4. The van der Waals surface area contributed by atoms with Crippen molar-refractivity contribution < 1.29 is 4.79 Å². The first-order valence-electron chi connectivity index (χ1n) is 6.68. The van der Waals surface area contributed by atoms with E-state index in [-0.39, 0.29) is 5.91 Å². The molecule has 6 heteroatoms. The lowest BCUT2D eigenvalue weighted by Crippen LogP contribution is -2.44. The number of rotatable bonds is 2. The number of hydrazine groups is 1. The number of thiophene rings is 1. The molecule has 106 valence electrons. The number of piperidine rings is 1. The topological polar surface area (TPSA) is 58.4 Å². The summed E-state index contributed by atoms with van der Waals surface area (Å²) in [5.74, 6) is -0.0956. The van der Waals surface area contributed by atoms with E-state index in [2.05, 4.69) is 21.4 Å². The van der Waals surface area contributed by atoms with Crippen molar-refractivity contribution in [2.75, 3.05) is 18.8 Å². The molecule has 0 spiro atoms. The number of fused-ring (bicyclic) bond motifs is 1. The van der Waals surface area contributed by atoms with E-state index in [1.54, 1.807) is 0 Å². The number of carbonyl (C=O) groups is 1. The zero-order valence-corrected chi connectivity index (χ0v) is 13.4. The Balaban J connectivity index is 1.85. The fourth-order valence-electron chi connectivity index (χ4n) is 2.46. The fourth-order valence-corrected chi connectivity index (χ4v) is 3.81. The van der Waals surface area contributed by atoms with Crippen LogP contribution in [0.2, 0.25) is 0 Å². The monoisotopic (exact) mass is 353 g/mol. The second-order valence-corrected chi connectivity index (χ2v) is 6.94. The Kier molecular flexibility index (Phi) is 3.96. The van der Waals surface area contributed by atoms with Gasteiger partial charge in [-0.15, -0.1) is 11.3 Å². The highest BCUT2D eigenvalue weighted by molar-refractivity contribution is 9.10. The standard InChI is InChI=1S/C14H16BrN3OS/c15-9-4-5-11-10(8-9)12(16)13(20-11)14(19)17-18-6-2-1-3-7-18/h4-5,8H,1-3,6-7,16H2,(H,17,19). The molecular formula is C14H16BrN3OS. The highest BCUT2D eigenvalue weighted by Crippen LogP contribution is 2.35. The first-order chi connectivity index (χ1) is 9.65. The van der Waals surface area contributed by atoms with Crippen molar-refractivity contribution in [2.24, 2.45) is 0 Å². The lowest BCUT2D eigenvalue weighted by atomic mass is 10.2. The van der Waals surface area contributed by atoms with Gasteiger partial charge in [-0.05, 0) is 31.0 Å². The largest absolute Gasteiger partial charge is 0.397 e. The van der Waals surface area contributed by atoms with Crippen molar-refractivity contribution in [1.29, 1.82) is 0 Å². The number of nitrogens with one attached hydrogen (secondary N) is 1. The molecule has 1 aliphatic heterocycles. The zero-order valence-electron chi connectivity index (χ0n) is 11.0. The van der Waals surface area contributed by atoms with Crippen molar-refractivity contribution in [3.8, 4) is 0 Å². The van der Waals surface area contributed by atoms with E-state index >= 15 is 0 Å². The number of amides is 1. The van der Waals surface area contributed by atoms with E-state index in [0.29, 0.717) is 10.6 Å². The summed E-state index contributed by atoms with van der Waals surface area (Å²) < 4.78 is 2.01. The van der Waals surface area contributed by atoms with E-state index in [4.69, 9.17) is 5.73 Å². The Morgan fingerprint density at radius 3 is 2.80 bits per heavy atom. The van der Waals surface area contributed by atoms with Crippen LogP contribution in [-0.2, 0) is 0 Å². The van der Waals surface area contributed by atoms with E-state index in [9.17, 15) is 4.79 Å². The molecule has 0 atom stereocenters. The van der Waals surface area contributed by atoms with Crippen molar-refractivity contribution in [2.45, 2.75) is 19.3 Å². The number of benzene rings is 1. The number of hydrogen-bond donors (Lipinski definition) is 2. The number of hydrogen-bond acceptors (Lipinski definition) is 4. The van der Waals surface area contributed by atoms with Crippen LogP contribution in [0.4, 0.5) is 5.69 Å². The van der Waals surface area contributed by atoms with Crippen LogP contribution in [-0.4, -0.2) is 24.0 Å². The summed E-state index contributed by atoms with van der Waals surface area (Å²) in [6.07, 6.45) is 3.51. The summed E-state index contributed by atoms with van der Waals surface area (Å²) in [6, 6.07) is 5.90. The summed E-state index contributed by atoms with van der Waals surface area (Å²) >= 11 is 4.88. The van der Waals surface area contributed by atoms with Gasteiger partial charge in [0.15, 0.2) is 0 Å². The van der Waals surface area contributed by atoms with Crippen LogP contribution < -0.4 is 11.2 Å². The van der Waals surface area contributed by atoms with Gasteiger partial charge in [-0.3, -0.25) is 10.2 Å². The molecule has 3 N–H and O–H groups in total. The van der Waals surface area contributed by atoms with E-state index in [1.807, 2.05) is 23.2 Å². The average Bonchev–Trinajstić information content (AvgIpc) is 2.77. The third kappa shape index (κ3) is 2.68. The first kappa shape index (κ1) is 13.9. The predicted octanol–water partition coefficient (Wildman–Crippen LogP) is 3.38. The third-order valence-corrected chi connectivity index (χ3v) is 5.19. The van der Waals surface area contributed by atoms with Crippen molar-refractivity contribution in [3.05, 3.63) is 27.5 Å². The van der Waals surface area contributed by atoms with Gasteiger partial charge in [-0.25, -0.2) is 5.01 Å². The summed E-state index contributed by atoms with van der Waals surface area (Å²) in [5.41, 5.74) is 9.66. The van der Waals surface area contributed by atoms with E-state index in [0.717, 1.165) is 40.5 Å². The molecule has 0 unspecified atom stereocenters. The molecule has 2 aromatic rings. The Hall–Kier alpha value is -1.11. The Bertz CT molecular complexity index is 649.